The van der Waals surface area contributed by atoms with Crippen molar-refractivity contribution in [3.05, 3.63) is 40.4 Å². The van der Waals surface area contributed by atoms with Crippen molar-refractivity contribution in [2.24, 2.45) is 0 Å². The maximum Gasteiger partial charge on any atom is 0.375 e. The fourth-order valence-electron chi connectivity index (χ4n) is 1.87. The van der Waals surface area contributed by atoms with Crippen molar-refractivity contribution in [3.63, 3.8) is 0 Å². The van der Waals surface area contributed by atoms with Gasteiger partial charge >= 0.3 is 5.97 Å². The van der Waals surface area contributed by atoms with E-state index in [0.29, 0.717) is 10.8 Å². The van der Waals surface area contributed by atoms with Crippen molar-refractivity contribution in [2.45, 2.75) is 33.1 Å². The number of hydrogen-bond donors (Lipinski definition) is 1. The number of carbonyl (C=O) groups is 1. The van der Waals surface area contributed by atoms with Crippen molar-refractivity contribution in [2.75, 3.05) is 0 Å². The average Bonchev–Trinajstić information content (AvgIpc) is 2.77. The van der Waals surface area contributed by atoms with Crippen LogP contribution in [0.4, 0.5) is 0 Å². The summed E-state index contributed by atoms with van der Waals surface area (Å²) in [6.07, 6.45) is 0. The first-order valence-electron chi connectivity index (χ1n) is 6.17. The van der Waals surface area contributed by atoms with Crippen molar-refractivity contribution in [3.8, 4) is 5.69 Å². The van der Waals surface area contributed by atoms with Crippen LogP contribution in [0.5, 0.6) is 0 Å². The summed E-state index contributed by atoms with van der Waals surface area (Å²) < 4.78 is 1.56. The highest BCUT2D eigenvalue weighted by Gasteiger charge is 2.26. The third kappa shape index (κ3) is 2.67. The van der Waals surface area contributed by atoms with Gasteiger partial charge in [-0.3, -0.25) is 0 Å². The lowest BCUT2D eigenvalue weighted by atomic mass is 9.95. The van der Waals surface area contributed by atoms with E-state index < -0.39 is 5.97 Å². The van der Waals surface area contributed by atoms with Gasteiger partial charge in [0.15, 0.2) is 0 Å². The molecule has 106 valence electrons. The molecule has 1 N–H and O–H groups in total. The highest BCUT2D eigenvalue weighted by molar-refractivity contribution is 6.30. The van der Waals surface area contributed by atoms with E-state index in [0.717, 1.165) is 11.3 Å². The lowest BCUT2D eigenvalue weighted by Gasteiger charge is -2.19. The fraction of sp³-hybridized carbons (Fsp3) is 0.357. The molecule has 0 fully saturated rings. The minimum atomic E-state index is -1.14. The molecule has 5 nitrogen and oxygen atoms in total. The molecule has 0 spiro atoms. The van der Waals surface area contributed by atoms with Gasteiger partial charge < -0.3 is 5.11 Å². The van der Waals surface area contributed by atoms with E-state index in [9.17, 15) is 4.79 Å². The van der Waals surface area contributed by atoms with Gasteiger partial charge in [0, 0.05) is 10.4 Å². The van der Waals surface area contributed by atoms with Gasteiger partial charge in [0.05, 0.1) is 5.69 Å². The second-order valence-corrected chi connectivity index (χ2v) is 6.09. The van der Waals surface area contributed by atoms with Crippen LogP contribution in [0, 0.1) is 6.92 Å². The molecule has 0 bridgehead atoms. The Balaban J connectivity index is 2.72. The maximum absolute atomic E-state index is 11.1. The van der Waals surface area contributed by atoms with Crippen LogP contribution in [0.1, 0.15) is 42.8 Å². The van der Waals surface area contributed by atoms with Gasteiger partial charge in [-0.05, 0) is 24.6 Å². The Kier molecular flexibility index (Phi) is 3.56. The Morgan fingerprint density at radius 3 is 2.55 bits per heavy atom. The van der Waals surface area contributed by atoms with Crippen LogP contribution in [0.15, 0.2) is 18.2 Å². The van der Waals surface area contributed by atoms with Crippen LogP contribution in [0.2, 0.25) is 5.02 Å². The summed E-state index contributed by atoms with van der Waals surface area (Å²) in [7, 11) is 0. The Morgan fingerprint density at radius 2 is 2.00 bits per heavy atom. The molecule has 6 heteroatoms. The average molecular weight is 294 g/mol. The summed E-state index contributed by atoms with van der Waals surface area (Å²) in [4.78, 5) is 15.2. The van der Waals surface area contributed by atoms with E-state index >= 15 is 0 Å². The molecule has 0 amide bonds. The standard InChI is InChI=1S/C14H16ClN3O2/c1-8-5-6-9(15)7-10(8)18-13(14(2,3)4)16-11(17-18)12(19)20/h5-7H,1-4H3,(H,19,20). The molecular weight excluding hydrogens is 278 g/mol. The van der Waals surface area contributed by atoms with Crippen LogP contribution < -0.4 is 0 Å². The molecule has 0 aliphatic rings. The van der Waals surface area contributed by atoms with Crippen LogP contribution in [0.25, 0.3) is 5.69 Å². The third-order valence-corrected chi connectivity index (χ3v) is 3.10. The van der Waals surface area contributed by atoms with Crippen molar-refractivity contribution >= 4 is 17.6 Å². The smallest absolute Gasteiger partial charge is 0.375 e. The van der Waals surface area contributed by atoms with E-state index in [-0.39, 0.29) is 11.2 Å². The summed E-state index contributed by atoms with van der Waals surface area (Å²) in [6, 6.07) is 5.41. The normalized spacial score (nSPS) is 11.7. The second kappa shape index (κ2) is 4.90. The van der Waals surface area contributed by atoms with Gasteiger partial charge in [-0.2, -0.15) is 0 Å². The van der Waals surface area contributed by atoms with Gasteiger partial charge in [0.2, 0.25) is 0 Å². The van der Waals surface area contributed by atoms with Gasteiger partial charge in [-0.25, -0.2) is 14.5 Å². The Labute approximate surface area is 122 Å². The first kappa shape index (κ1) is 14.5. The van der Waals surface area contributed by atoms with Gasteiger partial charge in [-0.15, -0.1) is 5.10 Å². The van der Waals surface area contributed by atoms with E-state index in [1.165, 1.54) is 0 Å². The molecule has 0 saturated carbocycles. The van der Waals surface area contributed by atoms with E-state index in [4.69, 9.17) is 16.7 Å². The number of rotatable bonds is 2. The lowest BCUT2D eigenvalue weighted by molar-refractivity contribution is 0.0683. The molecule has 0 unspecified atom stereocenters. The molecule has 20 heavy (non-hydrogen) atoms. The highest BCUT2D eigenvalue weighted by atomic mass is 35.5. The van der Waals surface area contributed by atoms with Crippen LogP contribution in [-0.2, 0) is 5.41 Å². The molecule has 0 saturated heterocycles. The van der Waals surface area contributed by atoms with Crippen molar-refractivity contribution in [1.82, 2.24) is 14.8 Å². The van der Waals surface area contributed by atoms with Crippen LogP contribution in [0.3, 0.4) is 0 Å². The zero-order valence-corrected chi connectivity index (χ0v) is 12.6. The molecule has 0 aliphatic carbocycles. The first-order chi connectivity index (χ1) is 9.20. The minimum Gasteiger partial charge on any atom is -0.475 e. The monoisotopic (exact) mass is 293 g/mol. The lowest BCUT2D eigenvalue weighted by Crippen LogP contribution is -2.19. The minimum absolute atomic E-state index is 0.214. The van der Waals surface area contributed by atoms with Gasteiger partial charge in [0.25, 0.3) is 5.82 Å². The van der Waals surface area contributed by atoms with E-state index in [1.807, 2.05) is 33.8 Å². The number of carboxylic acid groups (broad SMARTS) is 1. The number of halogens is 1. The summed E-state index contributed by atoms with van der Waals surface area (Å²) in [5.41, 5.74) is 1.35. The SMILES string of the molecule is Cc1ccc(Cl)cc1-n1nc(C(=O)O)nc1C(C)(C)C. The highest BCUT2D eigenvalue weighted by Crippen LogP contribution is 2.26. The number of carboxylic acids is 1. The largest absolute Gasteiger partial charge is 0.475 e. The maximum atomic E-state index is 11.1. The number of hydrogen-bond acceptors (Lipinski definition) is 3. The molecule has 1 heterocycles. The zero-order valence-electron chi connectivity index (χ0n) is 11.8. The molecule has 2 rings (SSSR count). The molecule has 2 aromatic rings. The number of aromatic carboxylic acids is 1. The topological polar surface area (TPSA) is 68.0 Å². The predicted octanol–water partition coefficient (Wildman–Crippen LogP) is 3.22. The van der Waals surface area contributed by atoms with E-state index in [2.05, 4.69) is 10.1 Å². The van der Waals surface area contributed by atoms with E-state index in [1.54, 1.807) is 16.8 Å². The Bertz CT molecular complexity index is 672. The zero-order chi connectivity index (χ0) is 15.1. The molecule has 1 aromatic carbocycles. The van der Waals surface area contributed by atoms with Gasteiger partial charge in [0.1, 0.15) is 5.82 Å². The third-order valence-electron chi connectivity index (χ3n) is 2.87. The number of benzene rings is 1. The van der Waals surface area contributed by atoms with Gasteiger partial charge in [-0.1, -0.05) is 38.4 Å². The summed E-state index contributed by atoms with van der Waals surface area (Å²) in [5.74, 6) is -0.775. The number of aryl methyl sites for hydroxylation is 1. The molecule has 1 aromatic heterocycles. The predicted molar refractivity (Wildman–Crippen MR) is 76.8 cm³/mol. The van der Waals surface area contributed by atoms with Crippen molar-refractivity contribution in [1.29, 1.82) is 0 Å². The first-order valence-corrected chi connectivity index (χ1v) is 6.55. The number of nitrogens with zero attached hydrogens (tertiary/aromatic N) is 3. The molecule has 0 aliphatic heterocycles. The van der Waals surface area contributed by atoms with Crippen molar-refractivity contribution < 1.29 is 9.90 Å². The Morgan fingerprint density at radius 1 is 1.35 bits per heavy atom. The summed E-state index contributed by atoms with van der Waals surface area (Å²) >= 11 is 6.02. The van der Waals surface area contributed by atoms with Crippen LogP contribution >= 0.6 is 11.6 Å². The second-order valence-electron chi connectivity index (χ2n) is 5.66. The molecule has 0 radical (unpaired) electrons. The fourth-order valence-corrected chi connectivity index (χ4v) is 2.03. The summed E-state index contributed by atoms with van der Waals surface area (Å²) in [6.45, 7) is 7.79. The summed E-state index contributed by atoms with van der Waals surface area (Å²) in [5, 5.41) is 13.8. The number of aromatic nitrogens is 3. The molecule has 0 atom stereocenters. The molecular formula is C14H16ClN3O2. The van der Waals surface area contributed by atoms with Crippen LogP contribution in [-0.4, -0.2) is 25.8 Å². The quantitative estimate of drug-likeness (QED) is 0.923. The Hall–Kier alpha value is -1.88.